The summed E-state index contributed by atoms with van der Waals surface area (Å²) in [6.07, 6.45) is 2.57. The van der Waals surface area contributed by atoms with Crippen molar-refractivity contribution >= 4 is 58.1 Å². The molecule has 0 spiro atoms. The molecule has 0 fully saturated rings. The third kappa shape index (κ3) is 5.61. The molecule has 0 bridgehead atoms. The number of rotatable bonds is 6. The van der Waals surface area contributed by atoms with E-state index in [1.807, 2.05) is 6.26 Å². The third-order valence-electron chi connectivity index (χ3n) is 2.92. The molecule has 9 heteroatoms. The van der Waals surface area contributed by atoms with Gasteiger partial charge in [-0.1, -0.05) is 11.6 Å². The standard InChI is InChI=1S/C14H15ClFN3OS2.ClH/c1-21-5-4-11(17)13(20)19-14-18-12(7-22-14)8-2-3-10(16)9(15)6-8;/h2-3,6-7,11H,4-5,17H2,1H3,(H,18,19,20);1H/t11-;/m0./s1. The zero-order chi connectivity index (χ0) is 16.1. The van der Waals surface area contributed by atoms with Crippen LogP contribution in [0.5, 0.6) is 0 Å². The van der Waals surface area contributed by atoms with Gasteiger partial charge in [-0.05, 0) is 36.6 Å². The maximum Gasteiger partial charge on any atom is 0.243 e. The molecule has 1 aromatic carbocycles. The van der Waals surface area contributed by atoms with E-state index in [2.05, 4.69) is 10.3 Å². The number of amides is 1. The van der Waals surface area contributed by atoms with Crippen molar-refractivity contribution in [2.75, 3.05) is 17.3 Å². The van der Waals surface area contributed by atoms with Crippen molar-refractivity contribution in [1.29, 1.82) is 0 Å². The van der Waals surface area contributed by atoms with Crippen LogP contribution in [0.25, 0.3) is 11.3 Å². The molecule has 0 saturated carbocycles. The number of halogens is 3. The first-order chi connectivity index (χ1) is 10.5. The van der Waals surface area contributed by atoms with Gasteiger partial charge in [0.1, 0.15) is 5.82 Å². The van der Waals surface area contributed by atoms with Crippen molar-refractivity contribution in [1.82, 2.24) is 4.98 Å². The van der Waals surface area contributed by atoms with E-state index in [0.29, 0.717) is 22.8 Å². The summed E-state index contributed by atoms with van der Waals surface area (Å²) in [4.78, 5) is 16.2. The van der Waals surface area contributed by atoms with Gasteiger partial charge in [0.05, 0.1) is 16.8 Å². The minimum Gasteiger partial charge on any atom is -0.320 e. The van der Waals surface area contributed by atoms with E-state index in [4.69, 9.17) is 17.3 Å². The summed E-state index contributed by atoms with van der Waals surface area (Å²) in [5.41, 5.74) is 7.11. The van der Waals surface area contributed by atoms with Gasteiger partial charge in [-0.3, -0.25) is 4.79 Å². The van der Waals surface area contributed by atoms with Gasteiger partial charge in [-0.25, -0.2) is 9.37 Å². The number of thioether (sulfide) groups is 1. The first-order valence-corrected chi connectivity index (χ1v) is 9.12. The molecule has 0 saturated heterocycles. The number of carbonyl (C=O) groups is 1. The molecule has 0 aliphatic rings. The molecule has 126 valence electrons. The molecule has 0 aliphatic heterocycles. The fourth-order valence-electron chi connectivity index (χ4n) is 1.69. The highest BCUT2D eigenvalue weighted by molar-refractivity contribution is 7.98. The van der Waals surface area contributed by atoms with Gasteiger partial charge in [0, 0.05) is 10.9 Å². The molecule has 3 N–H and O–H groups in total. The van der Waals surface area contributed by atoms with Crippen LogP contribution in [0.4, 0.5) is 9.52 Å². The SMILES string of the molecule is CSCC[C@H](N)C(=O)Nc1nc(-c2ccc(F)c(Cl)c2)cs1.Cl. The lowest BCUT2D eigenvalue weighted by Gasteiger charge is -2.09. The molecule has 23 heavy (non-hydrogen) atoms. The number of anilines is 1. The highest BCUT2D eigenvalue weighted by atomic mass is 35.5. The molecule has 4 nitrogen and oxygen atoms in total. The van der Waals surface area contributed by atoms with Crippen LogP contribution in [-0.2, 0) is 4.79 Å². The molecule has 0 radical (unpaired) electrons. The van der Waals surface area contributed by atoms with E-state index in [-0.39, 0.29) is 23.3 Å². The van der Waals surface area contributed by atoms with Crippen molar-refractivity contribution < 1.29 is 9.18 Å². The van der Waals surface area contributed by atoms with Crippen LogP contribution in [-0.4, -0.2) is 28.9 Å². The number of nitrogens with one attached hydrogen (secondary N) is 1. The van der Waals surface area contributed by atoms with Crippen LogP contribution in [0.1, 0.15) is 6.42 Å². The third-order valence-corrected chi connectivity index (χ3v) is 4.61. The van der Waals surface area contributed by atoms with Crippen LogP contribution < -0.4 is 11.1 Å². The van der Waals surface area contributed by atoms with E-state index in [1.54, 1.807) is 23.2 Å². The maximum atomic E-state index is 13.2. The molecule has 1 atom stereocenters. The number of carbonyl (C=O) groups excluding carboxylic acids is 1. The number of benzene rings is 1. The number of nitrogens with two attached hydrogens (primary N) is 1. The molecule has 0 unspecified atom stereocenters. The van der Waals surface area contributed by atoms with E-state index in [9.17, 15) is 9.18 Å². The summed E-state index contributed by atoms with van der Waals surface area (Å²) in [5.74, 6) is 0.0900. The maximum absolute atomic E-state index is 13.2. The van der Waals surface area contributed by atoms with Crippen LogP contribution in [0, 0.1) is 5.82 Å². The molecule has 1 heterocycles. The van der Waals surface area contributed by atoms with Gasteiger partial charge in [0.2, 0.25) is 5.91 Å². The fourth-order valence-corrected chi connectivity index (χ4v) is 3.09. The lowest BCUT2D eigenvalue weighted by molar-refractivity contribution is -0.117. The van der Waals surface area contributed by atoms with Crippen molar-refractivity contribution in [3.05, 3.63) is 34.4 Å². The topological polar surface area (TPSA) is 68.0 Å². The number of hydrogen-bond acceptors (Lipinski definition) is 5. The van der Waals surface area contributed by atoms with Crippen molar-refractivity contribution in [3.63, 3.8) is 0 Å². The lowest BCUT2D eigenvalue weighted by Crippen LogP contribution is -2.36. The second kappa shape index (κ2) is 9.44. The summed E-state index contributed by atoms with van der Waals surface area (Å²) >= 11 is 8.68. The first kappa shape index (κ1) is 20.2. The Labute approximate surface area is 153 Å². The second-order valence-electron chi connectivity index (χ2n) is 4.54. The number of nitrogens with zero attached hydrogens (tertiary/aromatic N) is 1. The zero-order valence-corrected chi connectivity index (χ0v) is 15.4. The molecule has 2 aromatic rings. The lowest BCUT2D eigenvalue weighted by atomic mass is 10.2. The average Bonchev–Trinajstić information content (AvgIpc) is 2.96. The predicted molar refractivity (Wildman–Crippen MR) is 99.4 cm³/mol. The van der Waals surface area contributed by atoms with Gasteiger partial charge >= 0.3 is 0 Å². The molecule has 0 aliphatic carbocycles. The second-order valence-corrected chi connectivity index (χ2v) is 6.79. The van der Waals surface area contributed by atoms with Crippen molar-refractivity contribution in [2.45, 2.75) is 12.5 Å². The van der Waals surface area contributed by atoms with Gasteiger partial charge in [0.15, 0.2) is 5.13 Å². The summed E-state index contributed by atoms with van der Waals surface area (Å²) in [7, 11) is 0. The van der Waals surface area contributed by atoms with Crippen LogP contribution in [0.3, 0.4) is 0 Å². The quantitative estimate of drug-likeness (QED) is 0.773. The predicted octanol–water partition coefficient (Wildman–Crippen LogP) is 4.04. The highest BCUT2D eigenvalue weighted by Gasteiger charge is 2.15. The number of aromatic nitrogens is 1. The fraction of sp³-hybridized carbons (Fsp3) is 0.286. The molecular formula is C14H16Cl2FN3OS2. The Hall–Kier alpha value is -0.860. The van der Waals surface area contributed by atoms with Crippen LogP contribution >= 0.6 is 47.1 Å². The Morgan fingerprint density at radius 3 is 2.96 bits per heavy atom. The Kier molecular flexibility index (Phi) is 8.28. The Bertz CT molecular complexity index is 669. The summed E-state index contributed by atoms with van der Waals surface area (Å²) < 4.78 is 13.2. The zero-order valence-electron chi connectivity index (χ0n) is 12.2. The molecular weight excluding hydrogens is 380 g/mol. The first-order valence-electron chi connectivity index (χ1n) is 6.47. The van der Waals surface area contributed by atoms with Gasteiger partial charge in [0.25, 0.3) is 0 Å². The van der Waals surface area contributed by atoms with Gasteiger partial charge in [-0.15, -0.1) is 23.7 Å². The Balaban J connectivity index is 0.00000264. The molecule has 1 aromatic heterocycles. The highest BCUT2D eigenvalue weighted by Crippen LogP contribution is 2.28. The van der Waals surface area contributed by atoms with E-state index >= 15 is 0 Å². The number of hydrogen-bond donors (Lipinski definition) is 2. The molecule has 1 amide bonds. The average molecular weight is 396 g/mol. The minimum absolute atomic E-state index is 0. The normalized spacial score (nSPS) is 11.7. The Morgan fingerprint density at radius 1 is 1.57 bits per heavy atom. The van der Waals surface area contributed by atoms with Gasteiger partial charge in [-0.2, -0.15) is 11.8 Å². The monoisotopic (exact) mass is 395 g/mol. The van der Waals surface area contributed by atoms with Crippen LogP contribution in [0.2, 0.25) is 5.02 Å². The summed E-state index contributed by atoms with van der Waals surface area (Å²) in [6.45, 7) is 0. The number of thiazole rings is 1. The van der Waals surface area contributed by atoms with Gasteiger partial charge < -0.3 is 11.1 Å². The minimum atomic E-state index is -0.555. The van der Waals surface area contributed by atoms with Crippen molar-refractivity contribution in [3.8, 4) is 11.3 Å². The largest absolute Gasteiger partial charge is 0.320 e. The van der Waals surface area contributed by atoms with E-state index < -0.39 is 11.9 Å². The summed E-state index contributed by atoms with van der Waals surface area (Å²) in [6, 6.07) is 3.82. The Morgan fingerprint density at radius 2 is 2.30 bits per heavy atom. The smallest absolute Gasteiger partial charge is 0.243 e. The van der Waals surface area contributed by atoms with Crippen LogP contribution in [0.15, 0.2) is 23.6 Å². The van der Waals surface area contributed by atoms with Crippen molar-refractivity contribution in [2.24, 2.45) is 5.73 Å². The van der Waals surface area contributed by atoms with E-state index in [0.717, 1.165) is 5.75 Å². The van der Waals surface area contributed by atoms with E-state index in [1.165, 1.54) is 23.5 Å². The molecule has 2 rings (SSSR count). The summed E-state index contributed by atoms with van der Waals surface area (Å²) in [5, 5.41) is 4.96.